The van der Waals surface area contributed by atoms with E-state index in [1.165, 1.54) is 7.11 Å². The third-order valence-electron chi connectivity index (χ3n) is 2.88. The van der Waals surface area contributed by atoms with E-state index in [-0.39, 0.29) is 12.6 Å². The highest BCUT2D eigenvalue weighted by Gasteiger charge is 2.51. The van der Waals surface area contributed by atoms with E-state index in [0.717, 1.165) is 19.4 Å². The van der Waals surface area contributed by atoms with Crippen LogP contribution >= 0.6 is 11.8 Å². The van der Waals surface area contributed by atoms with Gasteiger partial charge in [-0.3, -0.25) is 4.79 Å². The van der Waals surface area contributed by atoms with E-state index >= 15 is 0 Å². The Labute approximate surface area is 101 Å². The number of hydrogen-bond donors (Lipinski definition) is 2. The highest BCUT2D eigenvalue weighted by atomic mass is 32.2. The first-order valence-corrected chi connectivity index (χ1v) is 6.88. The predicted molar refractivity (Wildman–Crippen MR) is 65.6 cm³/mol. The molecule has 0 heterocycles. The molecule has 0 spiro atoms. The van der Waals surface area contributed by atoms with Crippen molar-refractivity contribution in [1.29, 1.82) is 0 Å². The van der Waals surface area contributed by atoms with Gasteiger partial charge in [-0.15, -0.1) is 0 Å². The Morgan fingerprint density at radius 1 is 1.62 bits per heavy atom. The van der Waals surface area contributed by atoms with Crippen LogP contribution in [0.4, 0.5) is 0 Å². The number of esters is 1. The van der Waals surface area contributed by atoms with Crippen molar-refractivity contribution in [3.63, 3.8) is 0 Å². The highest BCUT2D eigenvalue weighted by molar-refractivity contribution is 7.99. The molecule has 0 bridgehead atoms. The Hall–Kier alpha value is -0.260. The fourth-order valence-electron chi connectivity index (χ4n) is 1.98. The Morgan fingerprint density at radius 3 is 2.75 bits per heavy atom. The first-order chi connectivity index (χ1) is 7.71. The molecule has 1 rings (SSSR count). The Kier molecular flexibility index (Phi) is 5.58. The Balaban J connectivity index is 2.66. The van der Waals surface area contributed by atoms with Crippen molar-refractivity contribution in [2.24, 2.45) is 5.92 Å². The van der Waals surface area contributed by atoms with Crippen LogP contribution < -0.4 is 5.32 Å². The average Bonchev–Trinajstić information content (AvgIpc) is 3.11. The Bertz CT molecular complexity index is 233. The van der Waals surface area contributed by atoms with Crippen molar-refractivity contribution >= 4 is 17.7 Å². The number of rotatable bonds is 8. The summed E-state index contributed by atoms with van der Waals surface area (Å²) in [5.41, 5.74) is -0.538. The fraction of sp³-hybridized carbons (Fsp3) is 0.909. The summed E-state index contributed by atoms with van der Waals surface area (Å²) in [6, 6.07) is 0. The van der Waals surface area contributed by atoms with Crippen LogP contribution in [0.2, 0.25) is 0 Å². The Morgan fingerprint density at radius 2 is 2.31 bits per heavy atom. The quantitative estimate of drug-likeness (QED) is 0.487. The van der Waals surface area contributed by atoms with E-state index in [1.54, 1.807) is 11.8 Å². The van der Waals surface area contributed by atoms with Gasteiger partial charge < -0.3 is 15.2 Å². The third-order valence-corrected chi connectivity index (χ3v) is 4.01. The van der Waals surface area contributed by atoms with Crippen LogP contribution in [0, 0.1) is 5.92 Å². The molecule has 0 aromatic carbocycles. The van der Waals surface area contributed by atoms with Crippen molar-refractivity contribution in [2.45, 2.75) is 25.3 Å². The monoisotopic (exact) mass is 247 g/mol. The number of aliphatic hydroxyl groups excluding tert-OH is 1. The van der Waals surface area contributed by atoms with Crippen molar-refractivity contribution in [3.8, 4) is 0 Å². The summed E-state index contributed by atoms with van der Waals surface area (Å²) >= 11 is 1.60. The predicted octanol–water partition coefficient (Wildman–Crippen LogP) is 0.643. The van der Waals surface area contributed by atoms with Gasteiger partial charge in [0, 0.05) is 11.5 Å². The van der Waals surface area contributed by atoms with Gasteiger partial charge in [0.25, 0.3) is 0 Å². The van der Waals surface area contributed by atoms with Gasteiger partial charge in [0.15, 0.2) is 0 Å². The average molecular weight is 247 g/mol. The van der Waals surface area contributed by atoms with Crippen molar-refractivity contribution < 1.29 is 14.6 Å². The van der Waals surface area contributed by atoms with E-state index in [2.05, 4.69) is 5.32 Å². The molecule has 1 fully saturated rings. The molecule has 0 radical (unpaired) electrons. The number of hydrogen-bond acceptors (Lipinski definition) is 5. The minimum Gasteiger partial charge on any atom is -0.468 e. The van der Waals surface area contributed by atoms with E-state index in [9.17, 15) is 4.79 Å². The normalized spacial score (nSPS) is 19.2. The van der Waals surface area contributed by atoms with Crippen LogP contribution in [-0.4, -0.2) is 48.4 Å². The van der Waals surface area contributed by atoms with Crippen molar-refractivity contribution in [2.75, 3.05) is 31.8 Å². The van der Waals surface area contributed by atoms with E-state index in [1.807, 2.05) is 6.92 Å². The van der Waals surface area contributed by atoms with Gasteiger partial charge in [0.2, 0.25) is 0 Å². The molecule has 0 aromatic rings. The summed E-state index contributed by atoms with van der Waals surface area (Å²) in [5, 5.41) is 12.1. The van der Waals surface area contributed by atoms with E-state index in [0.29, 0.717) is 17.4 Å². The number of methoxy groups -OCH3 is 1. The number of likely N-dealkylation sites (N-methyl/N-ethyl adjacent to an activating group) is 1. The third kappa shape index (κ3) is 3.12. The van der Waals surface area contributed by atoms with Crippen molar-refractivity contribution in [3.05, 3.63) is 0 Å². The van der Waals surface area contributed by atoms with Gasteiger partial charge in [-0.2, -0.15) is 11.8 Å². The van der Waals surface area contributed by atoms with Gasteiger partial charge in [-0.1, -0.05) is 6.92 Å². The zero-order chi connectivity index (χ0) is 12.0. The van der Waals surface area contributed by atoms with Gasteiger partial charge in [-0.25, -0.2) is 0 Å². The molecule has 4 nitrogen and oxygen atoms in total. The maximum absolute atomic E-state index is 11.9. The van der Waals surface area contributed by atoms with Crippen LogP contribution in [-0.2, 0) is 9.53 Å². The maximum atomic E-state index is 11.9. The topological polar surface area (TPSA) is 58.6 Å². The van der Waals surface area contributed by atoms with Crippen LogP contribution in [0.15, 0.2) is 0 Å². The zero-order valence-electron chi connectivity index (χ0n) is 9.99. The molecule has 1 atom stereocenters. The number of nitrogens with one attached hydrogen (secondary N) is 1. The zero-order valence-corrected chi connectivity index (χ0v) is 10.8. The SMILES string of the molecule is CCNC(CSCCO)(C(=O)OC)C1CC1. The van der Waals surface area contributed by atoms with Crippen LogP contribution in [0.3, 0.4) is 0 Å². The maximum Gasteiger partial charge on any atom is 0.327 e. The fourth-order valence-corrected chi connectivity index (χ4v) is 3.03. The summed E-state index contributed by atoms with van der Waals surface area (Å²) < 4.78 is 4.92. The molecule has 1 unspecified atom stereocenters. The smallest absolute Gasteiger partial charge is 0.327 e. The van der Waals surface area contributed by atoms with Crippen LogP contribution in [0.5, 0.6) is 0 Å². The lowest BCUT2D eigenvalue weighted by atomic mass is 9.95. The summed E-state index contributed by atoms with van der Waals surface area (Å²) in [5.74, 6) is 1.57. The molecule has 0 aliphatic heterocycles. The molecular formula is C11H21NO3S. The second-order valence-corrected chi connectivity index (χ2v) is 5.15. The lowest BCUT2D eigenvalue weighted by Gasteiger charge is -2.31. The standard InChI is InChI=1S/C11H21NO3S/c1-3-12-11(9-4-5-9,10(14)15-2)8-16-7-6-13/h9,12-13H,3-8H2,1-2H3. The molecule has 2 N–H and O–H groups in total. The minimum absolute atomic E-state index is 0.151. The van der Waals surface area contributed by atoms with Crippen LogP contribution in [0.25, 0.3) is 0 Å². The number of carbonyl (C=O) groups excluding carboxylic acids is 1. The molecule has 0 amide bonds. The number of carbonyl (C=O) groups is 1. The van der Waals surface area contributed by atoms with Gasteiger partial charge in [0.05, 0.1) is 13.7 Å². The largest absolute Gasteiger partial charge is 0.468 e. The van der Waals surface area contributed by atoms with Gasteiger partial charge >= 0.3 is 5.97 Å². The van der Waals surface area contributed by atoms with Gasteiger partial charge in [0.1, 0.15) is 5.54 Å². The van der Waals surface area contributed by atoms with E-state index in [4.69, 9.17) is 9.84 Å². The van der Waals surface area contributed by atoms with Crippen molar-refractivity contribution in [1.82, 2.24) is 5.32 Å². The first-order valence-electron chi connectivity index (χ1n) is 5.73. The molecular weight excluding hydrogens is 226 g/mol. The molecule has 1 aliphatic carbocycles. The van der Waals surface area contributed by atoms with E-state index < -0.39 is 5.54 Å². The first kappa shape index (κ1) is 13.8. The molecule has 94 valence electrons. The molecule has 5 heteroatoms. The molecule has 1 aliphatic rings. The lowest BCUT2D eigenvalue weighted by molar-refractivity contribution is -0.148. The lowest BCUT2D eigenvalue weighted by Crippen LogP contribution is -2.56. The summed E-state index contributed by atoms with van der Waals surface area (Å²) in [7, 11) is 1.44. The summed E-state index contributed by atoms with van der Waals surface area (Å²) in [6.07, 6.45) is 2.17. The molecule has 1 saturated carbocycles. The molecule has 16 heavy (non-hydrogen) atoms. The van der Waals surface area contributed by atoms with Crippen LogP contribution in [0.1, 0.15) is 19.8 Å². The molecule has 0 aromatic heterocycles. The number of ether oxygens (including phenoxy) is 1. The summed E-state index contributed by atoms with van der Waals surface area (Å²) in [4.78, 5) is 11.9. The highest BCUT2D eigenvalue weighted by Crippen LogP contribution is 2.42. The van der Waals surface area contributed by atoms with Gasteiger partial charge in [-0.05, 0) is 25.3 Å². The second kappa shape index (κ2) is 6.47. The second-order valence-electron chi connectivity index (χ2n) is 4.04. The number of aliphatic hydroxyl groups is 1. The number of thioether (sulfide) groups is 1. The minimum atomic E-state index is -0.538. The summed E-state index contributed by atoms with van der Waals surface area (Å²) in [6.45, 7) is 2.90. The molecule has 0 saturated heterocycles.